The van der Waals surface area contributed by atoms with Gasteiger partial charge >= 0.3 is 0 Å². The predicted octanol–water partition coefficient (Wildman–Crippen LogP) is 3.60. The number of aromatic amines is 1. The van der Waals surface area contributed by atoms with E-state index in [4.69, 9.17) is 13.9 Å². The van der Waals surface area contributed by atoms with E-state index in [9.17, 15) is 0 Å². The average molecular weight is 284 g/mol. The third-order valence-corrected chi connectivity index (χ3v) is 3.65. The van der Waals surface area contributed by atoms with Crippen molar-refractivity contribution in [2.45, 2.75) is 20.3 Å². The van der Waals surface area contributed by atoms with Crippen LogP contribution in [0.5, 0.6) is 11.5 Å². The molecule has 0 fully saturated rings. The van der Waals surface area contributed by atoms with Crippen LogP contribution in [0.3, 0.4) is 0 Å². The van der Waals surface area contributed by atoms with Crippen LogP contribution in [-0.4, -0.2) is 23.2 Å². The largest absolute Gasteiger partial charge is 0.489 e. The fourth-order valence-corrected chi connectivity index (χ4v) is 2.66. The predicted molar refractivity (Wildman–Crippen MR) is 78.9 cm³/mol. The molecule has 21 heavy (non-hydrogen) atoms. The molecule has 1 N–H and O–H groups in total. The van der Waals surface area contributed by atoms with Crippen molar-refractivity contribution in [1.29, 1.82) is 0 Å². The summed E-state index contributed by atoms with van der Waals surface area (Å²) in [5, 5.41) is 0. The van der Waals surface area contributed by atoms with Crippen LogP contribution in [0.2, 0.25) is 0 Å². The molecule has 0 saturated heterocycles. The van der Waals surface area contributed by atoms with E-state index in [2.05, 4.69) is 9.97 Å². The second kappa shape index (κ2) is 4.55. The smallest absolute Gasteiger partial charge is 0.163 e. The number of furan rings is 1. The summed E-state index contributed by atoms with van der Waals surface area (Å²) in [6.45, 7) is 5.23. The van der Waals surface area contributed by atoms with Gasteiger partial charge in [-0.15, -0.1) is 0 Å². The molecule has 4 rings (SSSR count). The number of H-pyrrole nitrogens is 1. The summed E-state index contributed by atoms with van der Waals surface area (Å²) in [4.78, 5) is 7.97. The highest BCUT2D eigenvalue weighted by Crippen LogP contribution is 2.35. The van der Waals surface area contributed by atoms with Gasteiger partial charge in [0.25, 0.3) is 0 Å². The van der Waals surface area contributed by atoms with Gasteiger partial charge in [-0.25, -0.2) is 4.98 Å². The van der Waals surface area contributed by atoms with Crippen LogP contribution in [0.25, 0.3) is 22.4 Å². The van der Waals surface area contributed by atoms with Gasteiger partial charge in [0, 0.05) is 18.6 Å². The van der Waals surface area contributed by atoms with Gasteiger partial charge in [-0.05, 0) is 19.9 Å². The van der Waals surface area contributed by atoms with E-state index < -0.39 is 0 Å². The summed E-state index contributed by atoms with van der Waals surface area (Å²) in [5.41, 5.74) is 2.79. The first-order valence-electron chi connectivity index (χ1n) is 7.07. The molecule has 1 aromatic carbocycles. The van der Waals surface area contributed by atoms with E-state index in [-0.39, 0.29) is 0 Å². The Morgan fingerprint density at radius 1 is 1.05 bits per heavy atom. The number of nitrogens with zero attached hydrogens (tertiary/aromatic N) is 1. The second-order valence-electron chi connectivity index (χ2n) is 5.28. The second-order valence-corrected chi connectivity index (χ2v) is 5.28. The summed E-state index contributed by atoms with van der Waals surface area (Å²) < 4.78 is 17.0. The van der Waals surface area contributed by atoms with Crippen molar-refractivity contribution in [3.63, 3.8) is 0 Å². The van der Waals surface area contributed by atoms with Gasteiger partial charge in [-0.2, -0.15) is 0 Å². The molecule has 0 aliphatic carbocycles. The highest BCUT2D eigenvalue weighted by atomic mass is 16.5. The lowest BCUT2D eigenvalue weighted by molar-refractivity contribution is 0.297. The molecule has 0 amide bonds. The Hall–Kier alpha value is -2.43. The topological polar surface area (TPSA) is 60.3 Å². The lowest BCUT2D eigenvalue weighted by Crippen LogP contribution is -1.97. The van der Waals surface area contributed by atoms with E-state index in [1.807, 2.05) is 32.0 Å². The normalized spacial score (nSPS) is 14.4. The molecule has 0 bridgehead atoms. The first kappa shape index (κ1) is 12.3. The number of ether oxygens (including phenoxy) is 2. The molecule has 3 heterocycles. The highest BCUT2D eigenvalue weighted by molar-refractivity contribution is 5.83. The molecule has 0 unspecified atom stereocenters. The zero-order valence-electron chi connectivity index (χ0n) is 12.0. The van der Waals surface area contributed by atoms with E-state index in [0.29, 0.717) is 13.2 Å². The molecular weight excluding hydrogens is 268 g/mol. The molecule has 0 spiro atoms. The number of fused-ring (bicyclic) bond motifs is 2. The number of aryl methyl sites for hydroxylation is 2. The molecule has 5 nitrogen and oxygen atoms in total. The van der Waals surface area contributed by atoms with Gasteiger partial charge in [-0.1, -0.05) is 0 Å². The van der Waals surface area contributed by atoms with E-state index >= 15 is 0 Å². The summed E-state index contributed by atoms with van der Waals surface area (Å²) in [6.07, 6.45) is 0.898. The number of imidazole rings is 1. The van der Waals surface area contributed by atoms with Crippen LogP contribution in [0.1, 0.15) is 17.9 Å². The van der Waals surface area contributed by atoms with Crippen molar-refractivity contribution in [2.75, 3.05) is 13.2 Å². The average Bonchev–Trinajstić information content (AvgIpc) is 2.91. The number of hydrogen-bond acceptors (Lipinski definition) is 4. The molecule has 5 heteroatoms. The standard InChI is InChI=1S/C16H16N2O3/c1-9-6-11(10(2)21-9)16-17-12-7-14-15(8-13(12)18-16)20-5-3-4-19-14/h6-8H,3-5H2,1-2H3,(H,17,18). The fraction of sp³-hybridized carbons (Fsp3) is 0.312. The number of nitrogens with one attached hydrogen (secondary N) is 1. The molecule has 108 valence electrons. The number of hydrogen-bond donors (Lipinski definition) is 1. The minimum atomic E-state index is 0.676. The van der Waals surface area contributed by atoms with E-state index in [1.54, 1.807) is 0 Å². The summed E-state index contributed by atoms with van der Waals surface area (Å²) in [5.74, 6) is 4.08. The van der Waals surface area contributed by atoms with E-state index in [1.165, 1.54) is 0 Å². The van der Waals surface area contributed by atoms with Crippen LogP contribution in [0.15, 0.2) is 22.6 Å². The van der Waals surface area contributed by atoms with Gasteiger partial charge < -0.3 is 18.9 Å². The van der Waals surface area contributed by atoms with Crippen LogP contribution >= 0.6 is 0 Å². The monoisotopic (exact) mass is 284 g/mol. The van der Waals surface area contributed by atoms with Crippen molar-refractivity contribution in [2.24, 2.45) is 0 Å². The molecule has 1 aliphatic heterocycles. The molecule has 2 aromatic heterocycles. The van der Waals surface area contributed by atoms with Gasteiger partial charge in [0.2, 0.25) is 0 Å². The molecule has 0 saturated carbocycles. The third kappa shape index (κ3) is 2.05. The minimum absolute atomic E-state index is 0.676. The maximum Gasteiger partial charge on any atom is 0.163 e. The van der Waals surface area contributed by atoms with Crippen LogP contribution in [-0.2, 0) is 0 Å². The van der Waals surface area contributed by atoms with Crippen LogP contribution < -0.4 is 9.47 Å². The lowest BCUT2D eigenvalue weighted by Gasteiger charge is -2.05. The van der Waals surface area contributed by atoms with Crippen LogP contribution in [0.4, 0.5) is 0 Å². The van der Waals surface area contributed by atoms with Crippen molar-refractivity contribution in [3.05, 3.63) is 29.7 Å². The molecule has 0 radical (unpaired) electrons. The van der Waals surface area contributed by atoms with Gasteiger partial charge in [0.05, 0.1) is 29.8 Å². The maximum absolute atomic E-state index is 5.71. The number of aromatic nitrogens is 2. The Morgan fingerprint density at radius 3 is 2.52 bits per heavy atom. The third-order valence-electron chi connectivity index (χ3n) is 3.65. The highest BCUT2D eigenvalue weighted by Gasteiger charge is 2.16. The van der Waals surface area contributed by atoms with E-state index in [0.717, 1.165) is 51.9 Å². The van der Waals surface area contributed by atoms with Crippen molar-refractivity contribution in [3.8, 4) is 22.9 Å². The number of rotatable bonds is 1. The summed E-state index contributed by atoms with van der Waals surface area (Å²) in [7, 11) is 0. The number of benzene rings is 1. The van der Waals surface area contributed by atoms with Crippen molar-refractivity contribution in [1.82, 2.24) is 9.97 Å². The first-order chi connectivity index (χ1) is 10.2. The molecule has 1 aliphatic rings. The minimum Gasteiger partial charge on any atom is -0.489 e. The van der Waals surface area contributed by atoms with Gasteiger partial charge in [0.15, 0.2) is 11.5 Å². The maximum atomic E-state index is 5.71. The first-order valence-corrected chi connectivity index (χ1v) is 7.07. The van der Waals surface area contributed by atoms with Gasteiger partial charge in [-0.3, -0.25) is 0 Å². The quantitative estimate of drug-likeness (QED) is 0.741. The Labute approximate surface area is 121 Å². The fourth-order valence-electron chi connectivity index (χ4n) is 2.66. The van der Waals surface area contributed by atoms with Crippen molar-refractivity contribution < 1.29 is 13.9 Å². The van der Waals surface area contributed by atoms with Gasteiger partial charge in [0.1, 0.15) is 17.3 Å². The molecule has 0 atom stereocenters. The Morgan fingerprint density at radius 2 is 1.81 bits per heavy atom. The Kier molecular flexibility index (Phi) is 2.67. The van der Waals surface area contributed by atoms with Crippen molar-refractivity contribution >= 4 is 11.0 Å². The molecule has 3 aromatic rings. The zero-order valence-corrected chi connectivity index (χ0v) is 12.0. The SMILES string of the molecule is Cc1cc(-c2nc3cc4c(cc3[nH]2)OCCCO4)c(C)o1. The summed E-state index contributed by atoms with van der Waals surface area (Å²) in [6, 6.07) is 5.87. The Balaban J connectivity index is 1.85. The summed E-state index contributed by atoms with van der Waals surface area (Å²) >= 11 is 0. The molecular formula is C16H16N2O3. The zero-order chi connectivity index (χ0) is 14.4. The Bertz CT molecular complexity index is 773. The van der Waals surface area contributed by atoms with Crippen LogP contribution in [0, 0.1) is 13.8 Å². The lowest BCUT2D eigenvalue weighted by atomic mass is 10.2.